The van der Waals surface area contributed by atoms with E-state index < -0.39 is 0 Å². The van der Waals surface area contributed by atoms with Gasteiger partial charge in [0.1, 0.15) is 5.82 Å². The molecule has 0 fully saturated rings. The van der Waals surface area contributed by atoms with Gasteiger partial charge < -0.3 is 15.5 Å². The molecule has 0 amide bonds. The first-order valence-corrected chi connectivity index (χ1v) is 11.1. The molecule has 1 unspecified atom stereocenters. The molecule has 1 aromatic carbocycles. The van der Waals surface area contributed by atoms with Crippen molar-refractivity contribution in [3.8, 4) is 0 Å². The molecule has 0 aliphatic carbocycles. The number of rotatable bonds is 7. The highest BCUT2D eigenvalue weighted by Gasteiger charge is 2.23. The first kappa shape index (κ1) is 23.5. The summed E-state index contributed by atoms with van der Waals surface area (Å²) < 4.78 is 13.6. The van der Waals surface area contributed by atoms with Gasteiger partial charge >= 0.3 is 0 Å². The smallest absolute Gasteiger partial charge is 0.223 e. The molecular formula is C26H34FN5. The zero-order valence-electron chi connectivity index (χ0n) is 19.9. The van der Waals surface area contributed by atoms with Crippen LogP contribution in [0.5, 0.6) is 0 Å². The predicted octanol–water partition coefficient (Wildman–Crippen LogP) is 5.67. The molecule has 3 rings (SSSR count). The number of hydrogen-bond donors (Lipinski definition) is 2. The van der Waals surface area contributed by atoms with E-state index in [9.17, 15) is 4.39 Å². The number of hydrogen-bond acceptors (Lipinski definition) is 5. The first-order chi connectivity index (χ1) is 15.2. The number of aromatic nitrogens is 2. The standard InChI is InChI=1S/C26H34FN5/c1-7-19-13-16-32(17-14-19)24(23(28-6)20-8-10-21(27)11-9-20)22-12-15-29-25(31-22)30-18(2)26(3,4)5/h8-16,18,28H,7,17H2,1-6H3,(H,29,30,31)/b24-23-. The van der Waals surface area contributed by atoms with E-state index in [-0.39, 0.29) is 17.3 Å². The molecule has 2 aromatic rings. The fourth-order valence-electron chi connectivity index (χ4n) is 3.36. The van der Waals surface area contributed by atoms with E-state index >= 15 is 0 Å². The van der Waals surface area contributed by atoms with Crippen LogP contribution >= 0.6 is 0 Å². The predicted molar refractivity (Wildman–Crippen MR) is 131 cm³/mol. The minimum Gasteiger partial charge on any atom is -0.386 e. The van der Waals surface area contributed by atoms with E-state index in [0.717, 1.165) is 35.6 Å². The van der Waals surface area contributed by atoms with Gasteiger partial charge in [-0.05, 0) is 60.7 Å². The summed E-state index contributed by atoms with van der Waals surface area (Å²) in [7, 11) is 1.88. The van der Waals surface area contributed by atoms with Crippen LogP contribution in [0.1, 0.15) is 52.3 Å². The highest BCUT2D eigenvalue weighted by molar-refractivity contribution is 5.88. The van der Waals surface area contributed by atoms with Crippen molar-refractivity contribution in [2.75, 3.05) is 18.9 Å². The lowest BCUT2D eigenvalue weighted by atomic mass is 9.88. The largest absolute Gasteiger partial charge is 0.386 e. The molecule has 0 spiro atoms. The molecule has 1 aliphatic rings. The Labute approximate surface area is 191 Å². The Morgan fingerprint density at radius 3 is 2.47 bits per heavy atom. The topological polar surface area (TPSA) is 53.1 Å². The van der Waals surface area contributed by atoms with Crippen LogP contribution in [-0.2, 0) is 0 Å². The van der Waals surface area contributed by atoms with Crippen molar-refractivity contribution >= 4 is 17.3 Å². The Kier molecular flexibility index (Phi) is 7.33. The minimum atomic E-state index is -0.260. The van der Waals surface area contributed by atoms with Crippen LogP contribution in [0.2, 0.25) is 0 Å². The van der Waals surface area contributed by atoms with Gasteiger partial charge in [0.25, 0.3) is 0 Å². The number of nitrogens with zero attached hydrogens (tertiary/aromatic N) is 3. The average Bonchev–Trinajstić information content (AvgIpc) is 2.78. The Bertz CT molecular complexity index is 1020. The number of halogens is 1. The number of anilines is 1. The second kappa shape index (κ2) is 9.98. The van der Waals surface area contributed by atoms with Crippen molar-refractivity contribution in [1.29, 1.82) is 0 Å². The molecule has 2 N–H and O–H groups in total. The molecule has 0 radical (unpaired) electrons. The van der Waals surface area contributed by atoms with Gasteiger partial charge in [-0.2, -0.15) is 0 Å². The second-order valence-electron chi connectivity index (χ2n) is 9.08. The van der Waals surface area contributed by atoms with Crippen molar-refractivity contribution in [3.63, 3.8) is 0 Å². The Morgan fingerprint density at radius 2 is 1.91 bits per heavy atom. The average molecular weight is 436 g/mol. The summed E-state index contributed by atoms with van der Waals surface area (Å²) in [6.45, 7) is 11.6. The minimum absolute atomic E-state index is 0.0687. The molecule has 1 atom stereocenters. The Balaban J connectivity index is 2.09. The van der Waals surface area contributed by atoms with Crippen LogP contribution in [0.15, 0.2) is 60.5 Å². The molecule has 2 heterocycles. The van der Waals surface area contributed by atoms with Gasteiger partial charge in [-0.3, -0.25) is 0 Å². The van der Waals surface area contributed by atoms with E-state index in [0.29, 0.717) is 5.95 Å². The SMILES string of the molecule is CCC1=CCN(/C(=C(\NC)c2ccc(F)cc2)c2ccnc(NC(C)C(C)(C)C)n2)C=C1. The van der Waals surface area contributed by atoms with Crippen molar-refractivity contribution < 1.29 is 4.39 Å². The molecule has 1 aromatic heterocycles. The summed E-state index contributed by atoms with van der Waals surface area (Å²) in [6, 6.07) is 8.62. The van der Waals surface area contributed by atoms with E-state index in [1.807, 2.05) is 13.1 Å². The van der Waals surface area contributed by atoms with Crippen molar-refractivity contribution in [2.45, 2.75) is 47.1 Å². The quantitative estimate of drug-likeness (QED) is 0.587. The maximum atomic E-state index is 13.6. The Hall–Kier alpha value is -3.15. The maximum Gasteiger partial charge on any atom is 0.223 e. The van der Waals surface area contributed by atoms with Gasteiger partial charge in [0, 0.05) is 37.6 Å². The lowest BCUT2D eigenvalue weighted by Crippen LogP contribution is -2.31. The third kappa shape index (κ3) is 5.55. The van der Waals surface area contributed by atoms with E-state index in [1.54, 1.807) is 18.3 Å². The molecule has 0 bridgehead atoms. The number of nitrogens with one attached hydrogen (secondary N) is 2. The first-order valence-electron chi connectivity index (χ1n) is 11.1. The molecule has 1 aliphatic heterocycles. The number of allylic oxidation sites excluding steroid dienone is 2. The fourth-order valence-corrected chi connectivity index (χ4v) is 3.36. The normalized spacial score (nSPS) is 15.7. The van der Waals surface area contributed by atoms with E-state index in [2.05, 4.69) is 73.5 Å². The van der Waals surface area contributed by atoms with Gasteiger partial charge in [-0.1, -0.05) is 33.8 Å². The van der Waals surface area contributed by atoms with Crippen LogP contribution in [0.3, 0.4) is 0 Å². The van der Waals surface area contributed by atoms with Gasteiger partial charge in [0.05, 0.1) is 17.1 Å². The molecule has 32 heavy (non-hydrogen) atoms. The molecule has 0 saturated heterocycles. The molecule has 170 valence electrons. The van der Waals surface area contributed by atoms with Crippen LogP contribution in [-0.4, -0.2) is 34.5 Å². The summed E-state index contributed by atoms with van der Waals surface area (Å²) >= 11 is 0. The number of benzene rings is 1. The van der Waals surface area contributed by atoms with Crippen molar-refractivity contribution in [3.05, 3.63) is 77.5 Å². The summed E-state index contributed by atoms with van der Waals surface area (Å²) in [5.74, 6) is 0.326. The van der Waals surface area contributed by atoms with E-state index in [1.165, 1.54) is 17.7 Å². The van der Waals surface area contributed by atoms with Crippen LogP contribution in [0, 0.1) is 11.2 Å². The van der Waals surface area contributed by atoms with Crippen LogP contribution in [0.4, 0.5) is 10.3 Å². The fraction of sp³-hybridized carbons (Fsp3) is 0.385. The third-order valence-electron chi connectivity index (χ3n) is 5.88. The van der Waals surface area contributed by atoms with Gasteiger partial charge in [0.15, 0.2) is 0 Å². The van der Waals surface area contributed by atoms with Crippen molar-refractivity contribution in [2.24, 2.45) is 5.41 Å². The van der Waals surface area contributed by atoms with Gasteiger partial charge in [-0.25, -0.2) is 14.4 Å². The zero-order chi connectivity index (χ0) is 23.3. The lowest BCUT2D eigenvalue weighted by Gasteiger charge is -2.29. The molecule has 0 saturated carbocycles. The summed E-state index contributed by atoms with van der Waals surface area (Å²) in [4.78, 5) is 11.5. The van der Waals surface area contributed by atoms with Crippen LogP contribution in [0.25, 0.3) is 11.4 Å². The highest BCUT2D eigenvalue weighted by atomic mass is 19.1. The molecule has 5 nitrogen and oxygen atoms in total. The summed E-state index contributed by atoms with van der Waals surface area (Å²) in [5.41, 5.74) is 4.83. The van der Waals surface area contributed by atoms with Crippen molar-refractivity contribution in [1.82, 2.24) is 20.2 Å². The molecular weight excluding hydrogens is 401 g/mol. The van der Waals surface area contributed by atoms with E-state index in [4.69, 9.17) is 4.98 Å². The van der Waals surface area contributed by atoms with Gasteiger partial charge in [0.2, 0.25) is 5.95 Å². The maximum absolute atomic E-state index is 13.6. The molecule has 6 heteroatoms. The lowest BCUT2D eigenvalue weighted by molar-refractivity contribution is 0.358. The second-order valence-corrected chi connectivity index (χ2v) is 9.08. The zero-order valence-corrected chi connectivity index (χ0v) is 19.9. The monoisotopic (exact) mass is 435 g/mol. The summed E-state index contributed by atoms with van der Waals surface area (Å²) in [6.07, 6.45) is 9.21. The third-order valence-corrected chi connectivity index (χ3v) is 5.88. The van der Waals surface area contributed by atoms with Crippen LogP contribution < -0.4 is 10.6 Å². The highest BCUT2D eigenvalue weighted by Crippen LogP contribution is 2.30. The Morgan fingerprint density at radius 1 is 1.19 bits per heavy atom. The van der Waals surface area contributed by atoms with Gasteiger partial charge in [-0.15, -0.1) is 0 Å². The summed E-state index contributed by atoms with van der Waals surface area (Å²) in [5, 5.41) is 6.76.